The summed E-state index contributed by atoms with van der Waals surface area (Å²) in [5.41, 5.74) is -1.97. The maximum absolute atomic E-state index is 12.2. The molecule has 0 aromatic heterocycles. The molecule has 2 N–H and O–H groups in total. The van der Waals surface area contributed by atoms with Gasteiger partial charge in [-0.15, -0.1) is 0 Å². The van der Waals surface area contributed by atoms with Gasteiger partial charge in [-0.25, -0.2) is 0 Å². The van der Waals surface area contributed by atoms with E-state index in [0.717, 1.165) is 6.92 Å². The number of aliphatic hydroxyl groups is 1. The average Bonchev–Trinajstić information content (AvgIpc) is 2.12. The van der Waals surface area contributed by atoms with Crippen LogP contribution in [0.1, 0.15) is 6.92 Å². The Morgan fingerprint density at radius 2 is 2.09 bits per heavy atom. The minimum absolute atomic E-state index is 0.0238. The van der Waals surface area contributed by atoms with Gasteiger partial charge < -0.3 is 10.4 Å². The van der Waals surface area contributed by atoms with Crippen molar-refractivity contribution < 1.29 is 18.3 Å². The van der Waals surface area contributed by atoms with Crippen LogP contribution in [0.3, 0.4) is 0 Å². The highest BCUT2D eigenvalue weighted by Gasteiger charge is 2.57. The highest BCUT2D eigenvalue weighted by Crippen LogP contribution is 2.42. The van der Waals surface area contributed by atoms with Crippen molar-refractivity contribution in [1.29, 1.82) is 0 Å². The summed E-state index contributed by atoms with van der Waals surface area (Å²) < 4.78 is 36.6. The van der Waals surface area contributed by atoms with Crippen LogP contribution in [0, 0.1) is 5.41 Å². The molecule has 1 rings (SSSR count). The maximum atomic E-state index is 12.2. The molecule has 0 spiro atoms. The summed E-state index contributed by atoms with van der Waals surface area (Å²) in [5.74, 6) is 0. The van der Waals surface area contributed by atoms with Gasteiger partial charge in [0.2, 0.25) is 0 Å². The van der Waals surface area contributed by atoms with E-state index in [1.807, 2.05) is 0 Å². The van der Waals surface area contributed by atoms with Crippen LogP contribution in [0.25, 0.3) is 0 Å². The molecule has 0 bridgehead atoms. The van der Waals surface area contributed by atoms with E-state index in [1.54, 1.807) is 0 Å². The van der Waals surface area contributed by atoms with E-state index >= 15 is 0 Å². The van der Waals surface area contributed by atoms with Crippen molar-refractivity contribution in [1.82, 2.24) is 5.32 Å². The Morgan fingerprint density at radius 3 is 2.27 bits per heavy atom. The van der Waals surface area contributed by atoms with Crippen LogP contribution >= 0.6 is 0 Å². The second-order valence-corrected chi connectivity index (χ2v) is 3.06. The quantitative estimate of drug-likeness (QED) is 0.554. The van der Waals surface area contributed by atoms with Crippen molar-refractivity contribution in [3.63, 3.8) is 0 Å². The molecule has 1 aliphatic rings. The van der Waals surface area contributed by atoms with Gasteiger partial charge in [-0.05, 0) is 6.92 Å². The minimum atomic E-state index is -4.32. The molecule has 0 aromatic rings. The fourth-order valence-electron chi connectivity index (χ4n) is 1.10. The van der Waals surface area contributed by atoms with Crippen molar-refractivity contribution in [2.45, 2.75) is 19.2 Å². The Balaban J connectivity index is 2.81. The molecule has 1 heterocycles. The van der Waals surface area contributed by atoms with Crippen LogP contribution in [0.5, 0.6) is 0 Å². The van der Waals surface area contributed by atoms with E-state index in [9.17, 15) is 13.2 Å². The SMILES string of the molecule is CC1(C(F)(F)F)CNCC1O. The molecule has 2 unspecified atom stereocenters. The van der Waals surface area contributed by atoms with Crippen LogP contribution < -0.4 is 5.32 Å². The number of halogens is 3. The van der Waals surface area contributed by atoms with E-state index < -0.39 is 17.7 Å². The normalized spacial score (nSPS) is 39.5. The zero-order chi connectivity index (χ0) is 8.70. The second kappa shape index (κ2) is 2.35. The molecular formula is C6H10F3NO. The first-order valence-electron chi connectivity index (χ1n) is 3.33. The summed E-state index contributed by atoms with van der Waals surface area (Å²) in [6, 6.07) is 0. The van der Waals surface area contributed by atoms with Crippen molar-refractivity contribution in [2.24, 2.45) is 5.41 Å². The van der Waals surface area contributed by atoms with Crippen LogP contribution in [0.2, 0.25) is 0 Å². The number of β-amino-alcohol motifs (C(OH)–C–C–N with tert-alkyl or cyclic N) is 1. The van der Waals surface area contributed by atoms with Crippen LogP contribution in [-0.2, 0) is 0 Å². The summed E-state index contributed by atoms with van der Waals surface area (Å²) in [5, 5.41) is 11.5. The summed E-state index contributed by atoms with van der Waals surface area (Å²) in [4.78, 5) is 0. The maximum Gasteiger partial charge on any atom is 0.397 e. The highest BCUT2D eigenvalue weighted by atomic mass is 19.4. The first-order valence-corrected chi connectivity index (χ1v) is 3.33. The lowest BCUT2D eigenvalue weighted by Gasteiger charge is -2.29. The number of rotatable bonds is 0. The number of hydrogen-bond donors (Lipinski definition) is 2. The lowest BCUT2D eigenvalue weighted by Crippen LogP contribution is -2.44. The molecular weight excluding hydrogens is 159 g/mol. The van der Waals surface area contributed by atoms with Crippen LogP contribution in [0.15, 0.2) is 0 Å². The highest BCUT2D eigenvalue weighted by molar-refractivity contribution is 4.96. The predicted molar refractivity (Wildman–Crippen MR) is 33.0 cm³/mol. The zero-order valence-corrected chi connectivity index (χ0v) is 6.07. The number of aliphatic hydroxyl groups excluding tert-OH is 1. The molecule has 66 valence electrons. The Kier molecular flexibility index (Phi) is 1.88. The van der Waals surface area contributed by atoms with Gasteiger partial charge in [0, 0.05) is 13.1 Å². The fourth-order valence-corrected chi connectivity index (χ4v) is 1.10. The Hall–Kier alpha value is -0.290. The molecule has 0 amide bonds. The number of hydrogen-bond acceptors (Lipinski definition) is 2. The smallest absolute Gasteiger partial charge is 0.391 e. The monoisotopic (exact) mass is 169 g/mol. The summed E-state index contributed by atoms with van der Waals surface area (Å²) in [6.07, 6.45) is -5.64. The average molecular weight is 169 g/mol. The molecule has 2 nitrogen and oxygen atoms in total. The van der Waals surface area contributed by atoms with Gasteiger partial charge in [-0.1, -0.05) is 0 Å². The molecule has 2 atom stereocenters. The Labute approximate surface area is 62.4 Å². The molecule has 1 aliphatic heterocycles. The molecule has 5 heteroatoms. The summed E-state index contributed by atoms with van der Waals surface area (Å²) in [7, 11) is 0. The molecule has 0 radical (unpaired) electrons. The second-order valence-electron chi connectivity index (χ2n) is 3.06. The Morgan fingerprint density at radius 1 is 1.55 bits per heavy atom. The number of nitrogens with one attached hydrogen (secondary N) is 1. The van der Waals surface area contributed by atoms with E-state index in [0.29, 0.717) is 0 Å². The van der Waals surface area contributed by atoms with Gasteiger partial charge in [-0.3, -0.25) is 0 Å². The van der Waals surface area contributed by atoms with Gasteiger partial charge in [-0.2, -0.15) is 13.2 Å². The lowest BCUT2D eigenvalue weighted by atomic mass is 9.86. The van der Waals surface area contributed by atoms with Gasteiger partial charge in [0.05, 0.1) is 6.10 Å². The first-order chi connectivity index (χ1) is 4.88. The third-order valence-electron chi connectivity index (χ3n) is 2.21. The molecule has 0 aliphatic carbocycles. The van der Waals surface area contributed by atoms with Gasteiger partial charge >= 0.3 is 6.18 Å². The largest absolute Gasteiger partial charge is 0.397 e. The van der Waals surface area contributed by atoms with E-state index in [4.69, 9.17) is 5.11 Å². The third-order valence-corrected chi connectivity index (χ3v) is 2.21. The molecule has 0 saturated carbocycles. The van der Waals surface area contributed by atoms with Crippen molar-refractivity contribution in [2.75, 3.05) is 13.1 Å². The topological polar surface area (TPSA) is 32.3 Å². The third kappa shape index (κ3) is 1.22. The van der Waals surface area contributed by atoms with Gasteiger partial charge in [0.15, 0.2) is 0 Å². The van der Waals surface area contributed by atoms with Crippen molar-refractivity contribution in [3.8, 4) is 0 Å². The van der Waals surface area contributed by atoms with Crippen molar-refractivity contribution in [3.05, 3.63) is 0 Å². The van der Waals surface area contributed by atoms with E-state index in [-0.39, 0.29) is 13.1 Å². The Bertz CT molecular complexity index is 158. The fraction of sp³-hybridized carbons (Fsp3) is 1.00. The van der Waals surface area contributed by atoms with E-state index in [1.165, 1.54) is 0 Å². The van der Waals surface area contributed by atoms with Crippen LogP contribution in [0.4, 0.5) is 13.2 Å². The summed E-state index contributed by atoms with van der Waals surface area (Å²) >= 11 is 0. The molecule has 1 fully saturated rings. The minimum Gasteiger partial charge on any atom is -0.391 e. The predicted octanol–water partition coefficient (Wildman–Crippen LogP) is 0.519. The first kappa shape index (κ1) is 8.80. The number of alkyl halides is 3. The van der Waals surface area contributed by atoms with Gasteiger partial charge in [0.1, 0.15) is 5.41 Å². The zero-order valence-electron chi connectivity index (χ0n) is 6.07. The molecule has 1 saturated heterocycles. The molecule has 11 heavy (non-hydrogen) atoms. The lowest BCUT2D eigenvalue weighted by molar-refractivity contribution is -0.233. The van der Waals surface area contributed by atoms with Crippen molar-refractivity contribution >= 4 is 0 Å². The standard InChI is InChI=1S/C6H10F3NO/c1-5(6(7,8)9)3-10-2-4(5)11/h4,10-11H,2-3H2,1H3. The van der Waals surface area contributed by atoms with E-state index in [2.05, 4.69) is 5.32 Å². The van der Waals surface area contributed by atoms with Gasteiger partial charge in [0.25, 0.3) is 0 Å². The molecule has 0 aromatic carbocycles. The summed E-state index contributed by atoms with van der Waals surface area (Å²) in [6.45, 7) is 0.853. The van der Waals surface area contributed by atoms with Crippen LogP contribution in [-0.4, -0.2) is 30.5 Å².